The zero-order valence-electron chi connectivity index (χ0n) is 15.6. The molecule has 4 heteroatoms. The highest BCUT2D eigenvalue weighted by molar-refractivity contribution is 6.00. The van der Waals surface area contributed by atoms with Crippen molar-refractivity contribution in [2.45, 2.75) is 25.7 Å². The first-order chi connectivity index (χ1) is 13.5. The Balaban J connectivity index is 1.91. The monoisotopic (exact) mass is 373 g/mol. The Labute approximate surface area is 164 Å². The quantitative estimate of drug-likeness (QED) is 0.612. The molecule has 3 aromatic carbocycles. The second kappa shape index (κ2) is 9.00. The first-order valence-corrected chi connectivity index (χ1v) is 9.30. The molecule has 0 fully saturated rings. The number of carbonyl (C=O) groups excluding carboxylic acids is 1. The van der Waals surface area contributed by atoms with Crippen LogP contribution in [0.15, 0.2) is 72.8 Å². The maximum atomic E-state index is 12.0. The topological polar surface area (TPSA) is 80.4 Å². The standard InChI is InChI=1S/C24H23NO3/c25-24(28)21-13-12-19(14-17-6-2-1-3-7-17)16-22(21)20-10-4-8-18(15-20)9-5-11-23(26)27/h1-4,6-8,10,12-13,15-16H,5,9,11,14H2,(H2,25,28)(H,26,27). The van der Waals surface area contributed by atoms with Gasteiger partial charge in [0.15, 0.2) is 0 Å². The van der Waals surface area contributed by atoms with Crippen molar-refractivity contribution < 1.29 is 14.7 Å². The van der Waals surface area contributed by atoms with Crippen LogP contribution in [0.3, 0.4) is 0 Å². The van der Waals surface area contributed by atoms with E-state index in [0.29, 0.717) is 18.4 Å². The van der Waals surface area contributed by atoms with E-state index in [1.807, 2.05) is 54.6 Å². The highest BCUT2D eigenvalue weighted by atomic mass is 16.4. The summed E-state index contributed by atoms with van der Waals surface area (Å²) in [4.78, 5) is 22.7. The summed E-state index contributed by atoms with van der Waals surface area (Å²) in [7, 11) is 0. The molecule has 28 heavy (non-hydrogen) atoms. The Hall–Kier alpha value is -3.40. The van der Waals surface area contributed by atoms with E-state index >= 15 is 0 Å². The third-order valence-electron chi connectivity index (χ3n) is 4.69. The summed E-state index contributed by atoms with van der Waals surface area (Å²) in [6, 6.07) is 23.8. The summed E-state index contributed by atoms with van der Waals surface area (Å²) in [6.45, 7) is 0. The van der Waals surface area contributed by atoms with Crippen LogP contribution < -0.4 is 5.73 Å². The molecule has 0 radical (unpaired) electrons. The number of aliphatic carboxylic acids is 1. The average Bonchev–Trinajstić information content (AvgIpc) is 2.68. The molecule has 3 rings (SSSR count). The highest BCUT2D eigenvalue weighted by Crippen LogP contribution is 2.27. The van der Waals surface area contributed by atoms with Crippen molar-refractivity contribution in [1.29, 1.82) is 0 Å². The lowest BCUT2D eigenvalue weighted by Crippen LogP contribution is -2.12. The minimum Gasteiger partial charge on any atom is -0.481 e. The van der Waals surface area contributed by atoms with Crippen molar-refractivity contribution in [3.8, 4) is 11.1 Å². The SMILES string of the molecule is NC(=O)c1ccc(Cc2ccccc2)cc1-c1cccc(CCCC(=O)O)c1. The molecule has 0 saturated carbocycles. The minimum atomic E-state index is -0.791. The maximum Gasteiger partial charge on any atom is 0.303 e. The fraction of sp³-hybridized carbons (Fsp3) is 0.167. The van der Waals surface area contributed by atoms with Gasteiger partial charge in [-0.15, -0.1) is 0 Å². The number of aryl methyl sites for hydroxylation is 1. The number of rotatable bonds is 8. The summed E-state index contributed by atoms with van der Waals surface area (Å²) < 4.78 is 0. The summed E-state index contributed by atoms with van der Waals surface area (Å²) in [6.07, 6.45) is 2.17. The molecule has 0 spiro atoms. The number of primary amides is 1. The van der Waals surface area contributed by atoms with Crippen molar-refractivity contribution in [3.63, 3.8) is 0 Å². The number of carbonyl (C=O) groups is 2. The molecule has 4 nitrogen and oxygen atoms in total. The van der Waals surface area contributed by atoms with Crippen LogP contribution in [0.5, 0.6) is 0 Å². The summed E-state index contributed by atoms with van der Waals surface area (Å²) in [5, 5.41) is 8.82. The maximum absolute atomic E-state index is 12.0. The van der Waals surface area contributed by atoms with Gasteiger partial charge in [-0.3, -0.25) is 9.59 Å². The molecule has 0 aromatic heterocycles. The molecular weight excluding hydrogens is 350 g/mol. The van der Waals surface area contributed by atoms with E-state index in [9.17, 15) is 9.59 Å². The van der Waals surface area contributed by atoms with Crippen LogP contribution in [0.25, 0.3) is 11.1 Å². The average molecular weight is 373 g/mol. The summed E-state index contributed by atoms with van der Waals surface area (Å²) >= 11 is 0. The third-order valence-corrected chi connectivity index (χ3v) is 4.69. The molecule has 0 saturated heterocycles. The van der Waals surface area contributed by atoms with E-state index in [4.69, 9.17) is 10.8 Å². The molecule has 3 aromatic rings. The molecule has 0 atom stereocenters. The lowest BCUT2D eigenvalue weighted by molar-refractivity contribution is -0.137. The zero-order chi connectivity index (χ0) is 19.9. The first kappa shape index (κ1) is 19.4. The fourth-order valence-electron chi connectivity index (χ4n) is 3.32. The molecule has 1 amide bonds. The van der Waals surface area contributed by atoms with Gasteiger partial charge in [-0.1, -0.05) is 66.7 Å². The lowest BCUT2D eigenvalue weighted by atomic mass is 9.93. The number of amides is 1. The smallest absolute Gasteiger partial charge is 0.303 e. The predicted octanol–water partition coefficient (Wildman–Crippen LogP) is 4.45. The second-order valence-corrected chi connectivity index (χ2v) is 6.85. The molecular formula is C24H23NO3. The van der Waals surface area contributed by atoms with Gasteiger partial charge in [0.25, 0.3) is 0 Å². The Bertz CT molecular complexity index is 980. The van der Waals surface area contributed by atoms with Gasteiger partial charge in [-0.25, -0.2) is 0 Å². The first-order valence-electron chi connectivity index (χ1n) is 9.30. The number of carboxylic acid groups (broad SMARTS) is 1. The minimum absolute atomic E-state index is 0.142. The van der Waals surface area contributed by atoms with E-state index in [0.717, 1.165) is 28.7 Å². The number of carboxylic acids is 1. The number of hydrogen-bond donors (Lipinski definition) is 2. The van der Waals surface area contributed by atoms with Gasteiger partial charge in [0.1, 0.15) is 0 Å². The Morgan fingerprint density at radius 1 is 0.821 bits per heavy atom. The fourth-order valence-corrected chi connectivity index (χ4v) is 3.32. The van der Waals surface area contributed by atoms with Crippen molar-refractivity contribution in [2.75, 3.05) is 0 Å². The van der Waals surface area contributed by atoms with Crippen molar-refractivity contribution >= 4 is 11.9 Å². The van der Waals surface area contributed by atoms with Gasteiger partial charge in [0.05, 0.1) is 0 Å². The van der Waals surface area contributed by atoms with Crippen molar-refractivity contribution in [1.82, 2.24) is 0 Å². The van der Waals surface area contributed by atoms with Gasteiger partial charge >= 0.3 is 5.97 Å². The molecule has 142 valence electrons. The number of hydrogen-bond acceptors (Lipinski definition) is 2. The van der Waals surface area contributed by atoms with Gasteiger partial charge in [0.2, 0.25) is 5.91 Å². The van der Waals surface area contributed by atoms with Gasteiger partial charge in [0, 0.05) is 12.0 Å². The van der Waals surface area contributed by atoms with Crippen LogP contribution in [0.1, 0.15) is 39.9 Å². The predicted molar refractivity (Wildman–Crippen MR) is 110 cm³/mol. The largest absolute Gasteiger partial charge is 0.481 e. The zero-order valence-corrected chi connectivity index (χ0v) is 15.6. The van der Waals surface area contributed by atoms with Crippen LogP contribution in [0.2, 0.25) is 0 Å². The van der Waals surface area contributed by atoms with Crippen LogP contribution in [-0.4, -0.2) is 17.0 Å². The Morgan fingerprint density at radius 2 is 1.57 bits per heavy atom. The van der Waals surface area contributed by atoms with E-state index in [1.54, 1.807) is 6.07 Å². The van der Waals surface area contributed by atoms with Crippen molar-refractivity contribution in [2.24, 2.45) is 5.73 Å². The molecule has 0 aliphatic heterocycles. The van der Waals surface area contributed by atoms with Crippen LogP contribution in [0, 0.1) is 0 Å². The molecule has 0 aliphatic carbocycles. The van der Waals surface area contributed by atoms with Crippen LogP contribution >= 0.6 is 0 Å². The molecule has 0 bridgehead atoms. The van der Waals surface area contributed by atoms with E-state index < -0.39 is 11.9 Å². The number of benzene rings is 3. The number of nitrogens with two attached hydrogens (primary N) is 1. The second-order valence-electron chi connectivity index (χ2n) is 6.85. The van der Waals surface area contributed by atoms with Crippen LogP contribution in [0.4, 0.5) is 0 Å². The van der Waals surface area contributed by atoms with Crippen LogP contribution in [-0.2, 0) is 17.6 Å². The van der Waals surface area contributed by atoms with E-state index in [-0.39, 0.29) is 6.42 Å². The normalized spacial score (nSPS) is 10.6. The molecule has 0 aliphatic rings. The third kappa shape index (κ3) is 5.07. The van der Waals surface area contributed by atoms with E-state index in [2.05, 4.69) is 12.1 Å². The molecule has 0 heterocycles. The van der Waals surface area contributed by atoms with E-state index in [1.165, 1.54) is 5.56 Å². The van der Waals surface area contributed by atoms with Gasteiger partial charge in [-0.2, -0.15) is 0 Å². The molecule has 3 N–H and O–H groups in total. The van der Waals surface area contributed by atoms with Crippen molar-refractivity contribution in [3.05, 3.63) is 95.1 Å². The van der Waals surface area contributed by atoms with Gasteiger partial charge in [-0.05, 0) is 53.1 Å². The molecule has 0 unspecified atom stereocenters. The lowest BCUT2D eigenvalue weighted by Gasteiger charge is -2.12. The van der Waals surface area contributed by atoms with Gasteiger partial charge < -0.3 is 10.8 Å². The Morgan fingerprint density at radius 3 is 2.29 bits per heavy atom. The summed E-state index contributed by atoms with van der Waals surface area (Å²) in [5.41, 5.74) is 11.1. The summed E-state index contributed by atoms with van der Waals surface area (Å²) in [5.74, 6) is -1.25. The Kier molecular flexibility index (Phi) is 6.22. The highest BCUT2D eigenvalue weighted by Gasteiger charge is 2.12.